The van der Waals surface area contributed by atoms with Crippen LogP contribution in [0.1, 0.15) is 111 Å². The van der Waals surface area contributed by atoms with Gasteiger partial charge in [-0.3, -0.25) is 0 Å². The summed E-state index contributed by atoms with van der Waals surface area (Å²) in [6, 6.07) is 20.9. The molecule has 3 aromatic rings. The van der Waals surface area contributed by atoms with E-state index in [1.54, 1.807) is 19.1 Å². The van der Waals surface area contributed by atoms with Crippen molar-refractivity contribution in [3.05, 3.63) is 89.5 Å². The van der Waals surface area contributed by atoms with Crippen molar-refractivity contribution in [2.24, 2.45) is 0 Å². The molecule has 0 heterocycles. The lowest BCUT2D eigenvalue weighted by Gasteiger charge is -2.20. The third-order valence-corrected chi connectivity index (χ3v) is 7.46. The van der Waals surface area contributed by atoms with Gasteiger partial charge in [-0.15, -0.1) is 0 Å². The average molecular weight is 597 g/mol. The lowest BCUT2D eigenvalue weighted by molar-refractivity contribution is -0.206. The molecule has 0 fully saturated rings. The number of hydrogen-bond acceptors (Lipinski definition) is 4. The van der Waals surface area contributed by atoms with Crippen LogP contribution in [0.2, 0.25) is 0 Å². The van der Waals surface area contributed by atoms with E-state index in [9.17, 15) is 22.8 Å². The van der Waals surface area contributed by atoms with Crippen LogP contribution < -0.4 is 4.74 Å². The van der Waals surface area contributed by atoms with Gasteiger partial charge in [-0.1, -0.05) is 102 Å². The second kappa shape index (κ2) is 17.5. The fourth-order valence-corrected chi connectivity index (χ4v) is 4.83. The summed E-state index contributed by atoms with van der Waals surface area (Å²) in [7, 11) is 0. The largest absolute Gasteiger partial charge is 0.449 e. The standard InChI is InChI=1S/C36H43F3O4/c1-3-5-7-8-9-10-11-12-13-27-15-17-28(18-16-27)29-19-21-30(22-20-29)34(40)42-32-25-23-31(24-26-32)35(41)43-33(14-6-4-2)36(37,38)39/h15-26,33H,3-14H2,1-2H3. The minimum absolute atomic E-state index is 0.0567. The highest BCUT2D eigenvalue weighted by Crippen LogP contribution is 2.28. The first-order chi connectivity index (χ1) is 20.7. The van der Waals surface area contributed by atoms with E-state index in [4.69, 9.17) is 9.47 Å². The first kappa shape index (κ1) is 33.9. The number of aryl methyl sites for hydroxylation is 1. The molecule has 0 aliphatic carbocycles. The van der Waals surface area contributed by atoms with Gasteiger partial charge < -0.3 is 9.47 Å². The van der Waals surface area contributed by atoms with Crippen LogP contribution in [-0.2, 0) is 11.2 Å². The molecule has 4 nitrogen and oxygen atoms in total. The molecule has 1 atom stereocenters. The number of unbranched alkanes of at least 4 members (excludes halogenated alkanes) is 8. The van der Waals surface area contributed by atoms with Gasteiger partial charge in [0.2, 0.25) is 0 Å². The first-order valence-electron chi connectivity index (χ1n) is 15.5. The van der Waals surface area contributed by atoms with Gasteiger partial charge in [0.1, 0.15) is 5.75 Å². The van der Waals surface area contributed by atoms with Crippen molar-refractivity contribution in [1.82, 2.24) is 0 Å². The second-order valence-corrected chi connectivity index (χ2v) is 11.0. The van der Waals surface area contributed by atoms with Crippen molar-refractivity contribution in [2.75, 3.05) is 0 Å². The van der Waals surface area contributed by atoms with Crippen molar-refractivity contribution in [3.8, 4) is 16.9 Å². The maximum Gasteiger partial charge on any atom is 0.425 e. The van der Waals surface area contributed by atoms with E-state index in [0.29, 0.717) is 18.4 Å². The van der Waals surface area contributed by atoms with Crippen molar-refractivity contribution in [3.63, 3.8) is 0 Å². The number of ether oxygens (including phenoxy) is 2. The number of halogens is 3. The zero-order valence-electron chi connectivity index (χ0n) is 25.3. The van der Waals surface area contributed by atoms with Crippen LogP contribution in [0.4, 0.5) is 13.2 Å². The zero-order chi connectivity index (χ0) is 31.1. The minimum Gasteiger partial charge on any atom is -0.449 e. The summed E-state index contributed by atoms with van der Waals surface area (Å²) >= 11 is 0. The highest BCUT2D eigenvalue weighted by Gasteiger charge is 2.42. The van der Waals surface area contributed by atoms with Crippen molar-refractivity contribution in [1.29, 1.82) is 0 Å². The van der Waals surface area contributed by atoms with Gasteiger partial charge in [0.15, 0.2) is 6.10 Å². The number of alkyl halides is 3. The second-order valence-electron chi connectivity index (χ2n) is 11.0. The predicted octanol–water partition coefficient (Wildman–Crippen LogP) is 10.5. The van der Waals surface area contributed by atoms with E-state index in [0.717, 1.165) is 17.5 Å². The van der Waals surface area contributed by atoms with Crippen LogP contribution in [0, 0.1) is 0 Å². The average Bonchev–Trinajstić information content (AvgIpc) is 3.00. The molecule has 43 heavy (non-hydrogen) atoms. The Morgan fingerprint density at radius 2 is 1.12 bits per heavy atom. The summed E-state index contributed by atoms with van der Waals surface area (Å²) in [5, 5.41) is 0. The molecule has 0 amide bonds. The van der Waals surface area contributed by atoms with Gasteiger partial charge >= 0.3 is 18.1 Å². The van der Waals surface area contributed by atoms with Crippen molar-refractivity contribution in [2.45, 2.75) is 103 Å². The molecular weight excluding hydrogens is 553 g/mol. The lowest BCUT2D eigenvalue weighted by Crippen LogP contribution is -2.33. The Morgan fingerprint density at radius 1 is 0.628 bits per heavy atom. The topological polar surface area (TPSA) is 52.6 Å². The van der Waals surface area contributed by atoms with Crippen molar-refractivity contribution >= 4 is 11.9 Å². The van der Waals surface area contributed by atoms with Gasteiger partial charge in [-0.25, -0.2) is 9.59 Å². The number of benzene rings is 3. The fraction of sp³-hybridized carbons (Fsp3) is 0.444. The lowest BCUT2D eigenvalue weighted by atomic mass is 10.00. The maximum atomic E-state index is 13.2. The maximum absolute atomic E-state index is 13.2. The summed E-state index contributed by atoms with van der Waals surface area (Å²) in [6.07, 6.45) is 5.29. The highest BCUT2D eigenvalue weighted by molar-refractivity contribution is 5.92. The molecule has 0 aromatic heterocycles. The molecule has 7 heteroatoms. The van der Waals surface area contributed by atoms with Gasteiger partial charge in [0, 0.05) is 0 Å². The van der Waals surface area contributed by atoms with Gasteiger partial charge in [-0.05, 0) is 78.8 Å². The van der Waals surface area contributed by atoms with Crippen LogP contribution in [0.5, 0.6) is 5.75 Å². The molecule has 0 saturated heterocycles. The fourth-order valence-electron chi connectivity index (χ4n) is 4.83. The first-order valence-corrected chi connectivity index (χ1v) is 15.5. The van der Waals surface area contributed by atoms with E-state index in [2.05, 4.69) is 31.2 Å². The summed E-state index contributed by atoms with van der Waals surface area (Å²) < 4.78 is 49.7. The van der Waals surface area contributed by atoms with Crippen LogP contribution in [-0.4, -0.2) is 24.2 Å². The quantitative estimate of drug-likeness (QED) is 0.0884. The Balaban J connectivity index is 1.48. The zero-order valence-corrected chi connectivity index (χ0v) is 25.3. The molecule has 3 rings (SSSR count). The Morgan fingerprint density at radius 3 is 1.67 bits per heavy atom. The molecule has 232 valence electrons. The molecule has 3 aromatic carbocycles. The summed E-state index contributed by atoms with van der Waals surface area (Å²) in [4.78, 5) is 24.9. The van der Waals surface area contributed by atoms with Gasteiger partial charge in [0.25, 0.3) is 0 Å². The SMILES string of the molecule is CCCCCCCCCCc1ccc(-c2ccc(C(=O)Oc3ccc(C(=O)OC(CCCC)C(F)(F)F)cc3)cc2)cc1. The van der Waals surface area contributed by atoms with Crippen molar-refractivity contribution < 1.29 is 32.2 Å². The highest BCUT2D eigenvalue weighted by atomic mass is 19.4. The molecule has 0 spiro atoms. The van der Waals surface area contributed by atoms with Crippen LogP contribution in [0.15, 0.2) is 72.8 Å². The summed E-state index contributed by atoms with van der Waals surface area (Å²) in [5.74, 6) is -1.50. The molecule has 0 radical (unpaired) electrons. The third kappa shape index (κ3) is 11.5. The van der Waals surface area contributed by atoms with Crippen LogP contribution in [0.25, 0.3) is 11.1 Å². The Kier molecular flexibility index (Phi) is 13.8. The number of carbonyl (C=O) groups excluding carboxylic acids is 2. The Labute approximate surface area is 253 Å². The number of hydrogen-bond donors (Lipinski definition) is 0. The molecular formula is C36H43F3O4. The van der Waals surface area contributed by atoms with E-state index >= 15 is 0 Å². The molecule has 1 unspecified atom stereocenters. The van der Waals surface area contributed by atoms with E-state index in [1.807, 2.05) is 12.1 Å². The smallest absolute Gasteiger partial charge is 0.425 e. The number of carbonyl (C=O) groups is 2. The van der Waals surface area contributed by atoms with Crippen LogP contribution in [0.3, 0.4) is 0 Å². The summed E-state index contributed by atoms with van der Waals surface area (Å²) in [5.41, 5.74) is 3.66. The monoisotopic (exact) mass is 596 g/mol. The van der Waals surface area contributed by atoms with E-state index in [-0.39, 0.29) is 17.7 Å². The summed E-state index contributed by atoms with van der Waals surface area (Å²) in [6.45, 7) is 4.01. The number of rotatable bonds is 17. The molecule has 0 N–H and O–H groups in total. The Hall–Kier alpha value is -3.61. The van der Waals surface area contributed by atoms with E-state index < -0.39 is 24.2 Å². The molecule has 0 aliphatic rings. The van der Waals surface area contributed by atoms with Gasteiger partial charge in [0.05, 0.1) is 11.1 Å². The van der Waals surface area contributed by atoms with Crippen LogP contribution >= 0.6 is 0 Å². The molecule has 0 saturated carbocycles. The van der Waals surface area contributed by atoms with E-state index in [1.165, 1.54) is 81.2 Å². The molecule has 0 aliphatic heterocycles. The number of esters is 2. The molecule has 0 bridgehead atoms. The predicted molar refractivity (Wildman–Crippen MR) is 164 cm³/mol. The third-order valence-electron chi connectivity index (χ3n) is 7.46. The normalized spacial score (nSPS) is 12.1. The minimum atomic E-state index is -4.63. The van der Waals surface area contributed by atoms with Gasteiger partial charge in [-0.2, -0.15) is 13.2 Å². The Bertz CT molecular complexity index is 1250.